The van der Waals surface area contributed by atoms with Crippen LogP contribution in [0, 0.1) is 6.92 Å². The zero-order valence-electron chi connectivity index (χ0n) is 13.2. The number of hydrogen-bond donors (Lipinski definition) is 0. The lowest BCUT2D eigenvalue weighted by Gasteiger charge is -2.05. The van der Waals surface area contributed by atoms with Crippen molar-refractivity contribution in [3.8, 4) is 11.1 Å². The maximum atomic E-state index is 2.34. The lowest BCUT2D eigenvalue weighted by molar-refractivity contribution is 1.01. The van der Waals surface area contributed by atoms with Gasteiger partial charge in [-0.3, -0.25) is 0 Å². The molecule has 0 aliphatic rings. The molecule has 2 aromatic heterocycles. The summed E-state index contributed by atoms with van der Waals surface area (Å²) in [5.41, 5.74) is 7.99. The first-order chi connectivity index (χ1) is 11.3. The molecule has 112 valence electrons. The van der Waals surface area contributed by atoms with Crippen molar-refractivity contribution in [2.45, 2.75) is 13.3 Å². The summed E-state index contributed by atoms with van der Waals surface area (Å²) in [5, 5.41) is 0. The van der Waals surface area contributed by atoms with Crippen LogP contribution in [-0.4, -0.2) is 4.40 Å². The monoisotopic (exact) mass is 297 g/mol. The minimum Gasteiger partial charge on any atom is -0.320 e. The maximum Gasteiger partial charge on any atom is 0.0534 e. The van der Waals surface area contributed by atoms with Crippen LogP contribution in [0.25, 0.3) is 16.6 Å². The van der Waals surface area contributed by atoms with Gasteiger partial charge >= 0.3 is 0 Å². The van der Waals surface area contributed by atoms with Gasteiger partial charge in [0.15, 0.2) is 0 Å². The van der Waals surface area contributed by atoms with Gasteiger partial charge in [0, 0.05) is 23.9 Å². The smallest absolute Gasteiger partial charge is 0.0534 e. The third kappa shape index (κ3) is 2.44. The Balaban J connectivity index is 1.94. The van der Waals surface area contributed by atoms with Gasteiger partial charge in [-0.05, 0) is 35.7 Å². The number of benzene rings is 2. The standard InChI is InChI=1S/C22H19N/c1-17-21(16-18-10-4-2-5-11-18)23-15-9-8-14-20(23)22(17)19-12-6-3-7-13-19/h2-15H,16H2,1H3. The topological polar surface area (TPSA) is 4.41 Å². The summed E-state index contributed by atoms with van der Waals surface area (Å²) in [6, 6.07) is 27.8. The molecule has 0 radical (unpaired) electrons. The van der Waals surface area contributed by atoms with Crippen LogP contribution < -0.4 is 0 Å². The highest BCUT2D eigenvalue weighted by atomic mass is 14.9. The van der Waals surface area contributed by atoms with Crippen LogP contribution in [0.2, 0.25) is 0 Å². The number of hydrogen-bond acceptors (Lipinski definition) is 0. The van der Waals surface area contributed by atoms with Crippen molar-refractivity contribution in [3.05, 3.63) is 102 Å². The van der Waals surface area contributed by atoms with Crippen molar-refractivity contribution < 1.29 is 0 Å². The first-order valence-corrected chi connectivity index (χ1v) is 8.02. The zero-order valence-corrected chi connectivity index (χ0v) is 13.2. The second-order valence-electron chi connectivity index (χ2n) is 5.93. The molecular weight excluding hydrogens is 278 g/mol. The van der Waals surface area contributed by atoms with Crippen molar-refractivity contribution in [1.29, 1.82) is 0 Å². The Bertz CT molecular complexity index is 934. The third-order valence-corrected chi connectivity index (χ3v) is 4.49. The number of nitrogens with zero attached hydrogens (tertiary/aromatic N) is 1. The largest absolute Gasteiger partial charge is 0.320 e. The molecule has 0 aliphatic carbocycles. The molecule has 1 nitrogen and oxygen atoms in total. The third-order valence-electron chi connectivity index (χ3n) is 4.49. The highest BCUT2D eigenvalue weighted by Gasteiger charge is 2.15. The average Bonchev–Trinajstić information content (AvgIpc) is 2.89. The van der Waals surface area contributed by atoms with Gasteiger partial charge in [0.05, 0.1) is 5.52 Å². The first-order valence-electron chi connectivity index (χ1n) is 8.02. The number of rotatable bonds is 3. The van der Waals surface area contributed by atoms with Crippen molar-refractivity contribution in [2.24, 2.45) is 0 Å². The van der Waals surface area contributed by atoms with Crippen LogP contribution in [0.5, 0.6) is 0 Å². The average molecular weight is 297 g/mol. The van der Waals surface area contributed by atoms with E-state index in [2.05, 4.69) is 96.4 Å². The molecule has 0 atom stereocenters. The summed E-state index contributed by atoms with van der Waals surface area (Å²) in [6.45, 7) is 2.24. The lowest BCUT2D eigenvalue weighted by Crippen LogP contribution is -1.95. The highest BCUT2D eigenvalue weighted by molar-refractivity contribution is 5.85. The zero-order chi connectivity index (χ0) is 15.6. The van der Waals surface area contributed by atoms with Crippen molar-refractivity contribution >= 4 is 5.52 Å². The van der Waals surface area contributed by atoms with Crippen LogP contribution >= 0.6 is 0 Å². The van der Waals surface area contributed by atoms with Gasteiger partial charge in [-0.1, -0.05) is 66.7 Å². The Morgan fingerprint density at radius 3 is 2.13 bits per heavy atom. The fourth-order valence-corrected chi connectivity index (χ4v) is 3.38. The molecule has 4 rings (SSSR count). The van der Waals surface area contributed by atoms with E-state index in [1.54, 1.807) is 0 Å². The molecule has 0 fully saturated rings. The number of pyridine rings is 1. The van der Waals surface area contributed by atoms with Gasteiger partial charge in [-0.25, -0.2) is 0 Å². The maximum absolute atomic E-state index is 2.34. The molecule has 1 heteroatoms. The van der Waals surface area contributed by atoms with E-state index in [9.17, 15) is 0 Å². The second kappa shape index (κ2) is 5.77. The van der Waals surface area contributed by atoms with E-state index in [-0.39, 0.29) is 0 Å². The van der Waals surface area contributed by atoms with Gasteiger partial charge in [0.25, 0.3) is 0 Å². The molecule has 0 spiro atoms. The Morgan fingerprint density at radius 2 is 1.39 bits per heavy atom. The van der Waals surface area contributed by atoms with Crippen LogP contribution in [0.15, 0.2) is 85.1 Å². The van der Waals surface area contributed by atoms with Gasteiger partial charge < -0.3 is 4.40 Å². The van der Waals surface area contributed by atoms with E-state index in [0.717, 1.165) is 6.42 Å². The van der Waals surface area contributed by atoms with Crippen molar-refractivity contribution in [2.75, 3.05) is 0 Å². The summed E-state index contributed by atoms with van der Waals surface area (Å²) in [7, 11) is 0. The molecule has 2 aromatic carbocycles. The van der Waals surface area contributed by atoms with Gasteiger partial charge in [-0.2, -0.15) is 0 Å². The lowest BCUT2D eigenvalue weighted by atomic mass is 10.00. The quantitative estimate of drug-likeness (QED) is 0.470. The van der Waals surface area contributed by atoms with E-state index in [4.69, 9.17) is 0 Å². The molecule has 0 saturated heterocycles. The predicted molar refractivity (Wildman–Crippen MR) is 96.8 cm³/mol. The molecule has 0 bridgehead atoms. The Morgan fingerprint density at radius 1 is 0.739 bits per heavy atom. The fraction of sp³-hybridized carbons (Fsp3) is 0.0909. The van der Waals surface area contributed by atoms with Gasteiger partial charge in [0.2, 0.25) is 0 Å². The van der Waals surface area contributed by atoms with Gasteiger partial charge in [0.1, 0.15) is 0 Å². The fourth-order valence-electron chi connectivity index (χ4n) is 3.38. The Labute approximate surface area is 136 Å². The summed E-state index contributed by atoms with van der Waals surface area (Å²) in [4.78, 5) is 0. The van der Waals surface area contributed by atoms with Crippen molar-refractivity contribution in [1.82, 2.24) is 4.40 Å². The molecule has 0 saturated carbocycles. The predicted octanol–water partition coefficient (Wildman–Crippen LogP) is 5.51. The van der Waals surface area contributed by atoms with Crippen LogP contribution in [0.4, 0.5) is 0 Å². The summed E-state index contributed by atoms with van der Waals surface area (Å²) in [5.74, 6) is 0. The van der Waals surface area contributed by atoms with E-state index in [0.29, 0.717) is 0 Å². The van der Waals surface area contributed by atoms with E-state index in [1.165, 1.54) is 33.5 Å². The van der Waals surface area contributed by atoms with Crippen molar-refractivity contribution in [3.63, 3.8) is 0 Å². The summed E-state index contributed by atoms with van der Waals surface area (Å²) in [6.07, 6.45) is 3.12. The highest BCUT2D eigenvalue weighted by Crippen LogP contribution is 2.33. The first kappa shape index (κ1) is 13.8. The SMILES string of the molecule is Cc1c(-c2ccccc2)c2ccccn2c1Cc1ccccc1. The van der Waals surface area contributed by atoms with Crippen LogP contribution in [0.1, 0.15) is 16.8 Å². The molecule has 0 unspecified atom stereocenters. The summed E-state index contributed by atoms with van der Waals surface area (Å²) < 4.78 is 2.34. The number of aromatic nitrogens is 1. The normalized spacial score (nSPS) is 11.0. The van der Waals surface area contributed by atoms with Gasteiger partial charge in [-0.15, -0.1) is 0 Å². The van der Waals surface area contributed by atoms with E-state index < -0.39 is 0 Å². The Kier molecular flexibility index (Phi) is 3.47. The molecular formula is C22H19N. The minimum atomic E-state index is 0.949. The van der Waals surface area contributed by atoms with E-state index >= 15 is 0 Å². The molecule has 0 N–H and O–H groups in total. The Hall–Kier alpha value is -2.80. The van der Waals surface area contributed by atoms with E-state index in [1.807, 2.05) is 0 Å². The second-order valence-corrected chi connectivity index (χ2v) is 5.93. The number of fused-ring (bicyclic) bond motifs is 1. The molecule has 2 heterocycles. The molecule has 0 amide bonds. The minimum absolute atomic E-state index is 0.949. The molecule has 4 aromatic rings. The van der Waals surface area contributed by atoms with Crippen LogP contribution in [-0.2, 0) is 6.42 Å². The summed E-state index contributed by atoms with van der Waals surface area (Å²) >= 11 is 0. The van der Waals surface area contributed by atoms with Crippen LogP contribution in [0.3, 0.4) is 0 Å². The molecule has 23 heavy (non-hydrogen) atoms. The molecule has 0 aliphatic heterocycles.